The van der Waals surface area contributed by atoms with E-state index in [4.69, 9.17) is 4.74 Å². The van der Waals surface area contributed by atoms with Crippen LogP contribution in [0.1, 0.15) is 24.8 Å². The van der Waals surface area contributed by atoms with E-state index in [-0.39, 0.29) is 29.2 Å². The molecule has 96 valence electrons. The van der Waals surface area contributed by atoms with Crippen molar-refractivity contribution in [2.24, 2.45) is 5.92 Å². The third-order valence-corrected chi connectivity index (χ3v) is 3.00. The third kappa shape index (κ3) is 2.27. The van der Waals surface area contributed by atoms with Gasteiger partial charge in [-0.05, 0) is 30.9 Å². The molecule has 0 aliphatic heterocycles. The minimum absolute atomic E-state index is 0.0386. The smallest absolute Gasteiger partial charge is 0.310 e. The maximum atomic E-state index is 11.5. The van der Waals surface area contributed by atoms with Gasteiger partial charge in [-0.2, -0.15) is 0 Å². The first-order valence-electron chi connectivity index (χ1n) is 5.68. The summed E-state index contributed by atoms with van der Waals surface area (Å²) in [6, 6.07) is 4.21. The van der Waals surface area contributed by atoms with Crippen LogP contribution < -0.4 is 0 Å². The van der Waals surface area contributed by atoms with Gasteiger partial charge in [0.2, 0.25) is 0 Å². The average Bonchev–Trinajstić information content (AvgIpc) is 3.09. The molecule has 1 aliphatic carbocycles. The minimum Gasteiger partial charge on any atom is -0.502 e. The number of nitro benzene ring substituents is 1. The van der Waals surface area contributed by atoms with Gasteiger partial charge in [0, 0.05) is 6.07 Å². The summed E-state index contributed by atoms with van der Waals surface area (Å²) in [6.45, 7) is 2.07. The van der Waals surface area contributed by atoms with Gasteiger partial charge in [0.25, 0.3) is 0 Å². The number of phenolic OH excluding ortho intramolecular Hbond substituents is 1. The number of carbonyl (C=O) groups excluding carboxylic acids is 1. The largest absolute Gasteiger partial charge is 0.502 e. The number of hydrogen-bond donors (Lipinski definition) is 1. The van der Waals surface area contributed by atoms with Crippen LogP contribution in [0.3, 0.4) is 0 Å². The van der Waals surface area contributed by atoms with E-state index >= 15 is 0 Å². The maximum Gasteiger partial charge on any atom is 0.310 e. The standard InChI is InChI=1S/C12H13NO5/c1-2-18-12(15)9-6-8(9)7-3-4-11(14)10(5-7)13(16)17/h3-5,8-9,14H,2,6H2,1H3/t8-,9-/m0/s1. The summed E-state index contributed by atoms with van der Waals surface area (Å²) in [7, 11) is 0. The number of ether oxygens (including phenoxy) is 1. The zero-order valence-corrected chi connectivity index (χ0v) is 9.83. The first kappa shape index (κ1) is 12.3. The molecule has 6 nitrogen and oxygen atoms in total. The van der Waals surface area contributed by atoms with Crippen LogP contribution in [0.15, 0.2) is 18.2 Å². The molecule has 1 N–H and O–H groups in total. The van der Waals surface area contributed by atoms with Gasteiger partial charge >= 0.3 is 11.7 Å². The number of nitrogens with zero attached hydrogens (tertiary/aromatic N) is 1. The van der Waals surface area contributed by atoms with Gasteiger partial charge in [-0.25, -0.2) is 0 Å². The summed E-state index contributed by atoms with van der Waals surface area (Å²) in [5.41, 5.74) is 0.361. The SMILES string of the molecule is CCOC(=O)[C@H]1C[C@H]1c1ccc(O)c([N+](=O)[O-])c1. The molecule has 2 rings (SSSR count). The van der Waals surface area contributed by atoms with Gasteiger partial charge in [-0.1, -0.05) is 6.07 Å². The predicted octanol–water partition coefficient (Wildman–Crippen LogP) is 1.97. The number of nitro groups is 1. The van der Waals surface area contributed by atoms with E-state index in [9.17, 15) is 20.0 Å². The summed E-state index contributed by atoms with van der Waals surface area (Å²) >= 11 is 0. The van der Waals surface area contributed by atoms with Crippen molar-refractivity contribution in [1.29, 1.82) is 0 Å². The van der Waals surface area contributed by atoms with Crippen LogP contribution in [0, 0.1) is 16.0 Å². The van der Waals surface area contributed by atoms with Crippen LogP contribution in [-0.4, -0.2) is 22.6 Å². The summed E-state index contributed by atoms with van der Waals surface area (Å²) in [6.07, 6.45) is 0.640. The fourth-order valence-corrected chi connectivity index (χ4v) is 1.99. The highest BCUT2D eigenvalue weighted by molar-refractivity contribution is 5.77. The van der Waals surface area contributed by atoms with Crippen molar-refractivity contribution in [1.82, 2.24) is 0 Å². The lowest BCUT2D eigenvalue weighted by atomic mass is 10.1. The second kappa shape index (κ2) is 4.64. The topological polar surface area (TPSA) is 89.7 Å². The molecule has 1 saturated carbocycles. The van der Waals surface area contributed by atoms with Crippen LogP contribution in [0.25, 0.3) is 0 Å². The minimum atomic E-state index is -0.638. The van der Waals surface area contributed by atoms with E-state index in [1.54, 1.807) is 13.0 Å². The van der Waals surface area contributed by atoms with Crippen LogP contribution in [0.4, 0.5) is 5.69 Å². The van der Waals surface area contributed by atoms with E-state index in [2.05, 4.69) is 0 Å². The summed E-state index contributed by atoms with van der Waals surface area (Å²) in [4.78, 5) is 21.5. The number of carbonyl (C=O) groups is 1. The lowest BCUT2D eigenvalue weighted by Crippen LogP contribution is -2.07. The first-order chi connectivity index (χ1) is 8.54. The van der Waals surface area contributed by atoms with Crippen molar-refractivity contribution < 1.29 is 19.6 Å². The molecule has 0 unspecified atom stereocenters. The summed E-state index contributed by atoms with van der Waals surface area (Å²) < 4.78 is 4.90. The molecule has 1 aromatic rings. The molecule has 0 radical (unpaired) electrons. The Morgan fingerprint density at radius 2 is 2.33 bits per heavy atom. The van der Waals surface area contributed by atoms with E-state index in [1.807, 2.05) is 0 Å². The number of esters is 1. The van der Waals surface area contributed by atoms with E-state index < -0.39 is 4.92 Å². The number of hydrogen-bond acceptors (Lipinski definition) is 5. The van der Waals surface area contributed by atoms with E-state index in [0.717, 1.165) is 0 Å². The Morgan fingerprint density at radius 3 is 2.94 bits per heavy atom. The Kier molecular flexibility index (Phi) is 3.18. The van der Waals surface area contributed by atoms with Gasteiger partial charge in [-0.3, -0.25) is 14.9 Å². The second-order valence-electron chi connectivity index (χ2n) is 4.21. The fourth-order valence-electron chi connectivity index (χ4n) is 1.99. The van der Waals surface area contributed by atoms with Crippen molar-refractivity contribution >= 4 is 11.7 Å². The molecule has 0 amide bonds. The Hall–Kier alpha value is -2.11. The zero-order chi connectivity index (χ0) is 13.3. The molecule has 0 aromatic heterocycles. The monoisotopic (exact) mass is 251 g/mol. The fraction of sp³-hybridized carbons (Fsp3) is 0.417. The average molecular weight is 251 g/mol. The molecule has 0 heterocycles. The summed E-state index contributed by atoms with van der Waals surface area (Å²) in [5.74, 6) is -0.882. The molecule has 0 bridgehead atoms. The highest BCUT2D eigenvalue weighted by Gasteiger charge is 2.45. The van der Waals surface area contributed by atoms with Crippen LogP contribution >= 0.6 is 0 Å². The van der Waals surface area contributed by atoms with Crippen LogP contribution in [-0.2, 0) is 9.53 Å². The number of aromatic hydroxyl groups is 1. The normalized spacial score (nSPS) is 21.4. The molecule has 6 heteroatoms. The number of benzene rings is 1. The van der Waals surface area contributed by atoms with Crippen molar-refractivity contribution in [2.75, 3.05) is 6.61 Å². The summed E-state index contributed by atoms with van der Waals surface area (Å²) in [5, 5.41) is 20.0. The molecular formula is C12H13NO5. The molecule has 0 saturated heterocycles. The van der Waals surface area contributed by atoms with Gasteiger partial charge in [0.15, 0.2) is 5.75 Å². The van der Waals surface area contributed by atoms with Crippen LogP contribution in [0.5, 0.6) is 5.75 Å². The van der Waals surface area contributed by atoms with Gasteiger partial charge in [-0.15, -0.1) is 0 Å². The van der Waals surface area contributed by atoms with Crippen molar-refractivity contribution in [3.8, 4) is 5.75 Å². The van der Waals surface area contributed by atoms with Crippen molar-refractivity contribution in [3.05, 3.63) is 33.9 Å². The second-order valence-corrected chi connectivity index (χ2v) is 4.21. The Balaban J connectivity index is 2.15. The van der Waals surface area contributed by atoms with E-state index in [1.165, 1.54) is 12.1 Å². The highest BCUT2D eigenvalue weighted by atomic mass is 16.6. The molecule has 1 aromatic carbocycles. The molecule has 2 atom stereocenters. The molecular weight excluding hydrogens is 238 g/mol. The van der Waals surface area contributed by atoms with Crippen molar-refractivity contribution in [2.45, 2.75) is 19.3 Å². The Labute approximate surface area is 103 Å². The van der Waals surface area contributed by atoms with Crippen LogP contribution in [0.2, 0.25) is 0 Å². The molecule has 1 aliphatic rings. The molecule has 1 fully saturated rings. The lowest BCUT2D eigenvalue weighted by molar-refractivity contribution is -0.385. The van der Waals surface area contributed by atoms with E-state index in [0.29, 0.717) is 18.6 Å². The molecule has 0 spiro atoms. The van der Waals surface area contributed by atoms with Gasteiger partial charge in [0.1, 0.15) is 0 Å². The van der Waals surface area contributed by atoms with Gasteiger partial charge < -0.3 is 9.84 Å². The predicted molar refractivity (Wildman–Crippen MR) is 62.2 cm³/mol. The maximum absolute atomic E-state index is 11.5. The number of phenols is 1. The molecule has 18 heavy (non-hydrogen) atoms. The highest BCUT2D eigenvalue weighted by Crippen LogP contribution is 2.49. The Morgan fingerprint density at radius 1 is 1.61 bits per heavy atom. The number of rotatable bonds is 4. The Bertz CT molecular complexity index is 499. The first-order valence-corrected chi connectivity index (χ1v) is 5.68. The quantitative estimate of drug-likeness (QED) is 0.502. The lowest BCUT2D eigenvalue weighted by Gasteiger charge is -2.02. The van der Waals surface area contributed by atoms with Crippen molar-refractivity contribution in [3.63, 3.8) is 0 Å². The zero-order valence-electron chi connectivity index (χ0n) is 9.83. The van der Waals surface area contributed by atoms with Gasteiger partial charge in [0.05, 0.1) is 17.4 Å². The third-order valence-electron chi connectivity index (χ3n) is 3.00.